The second-order valence-corrected chi connectivity index (χ2v) is 2.73. The molecule has 4 nitrogen and oxygen atoms in total. The molecule has 0 fully saturated rings. The molecule has 80 valence electrons. The van der Waals surface area contributed by atoms with Crippen LogP contribution < -0.4 is 5.73 Å². The van der Waals surface area contributed by atoms with E-state index in [1.807, 2.05) is 0 Å². The van der Waals surface area contributed by atoms with Crippen molar-refractivity contribution in [1.82, 2.24) is 0 Å². The average Bonchev–Trinajstić information content (AvgIpc) is 2.00. The van der Waals surface area contributed by atoms with Crippen molar-refractivity contribution in [2.75, 3.05) is 0 Å². The van der Waals surface area contributed by atoms with E-state index in [-0.39, 0.29) is 6.42 Å². The van der Waals surface area contributed by atoms with Gasteiger partial charge in [0.15, 0.2) is 6.10 Å². The topological polar surface area (TPSA) is 76.1 Å². The number of nitrogens with zero attached hydrogens (tertiary/aromatic N) is 1. The third kappa shape index (κ3) is 4.67. The standard InChI is InChI=1S/C7H9F3N2O2/c1-4(12)2-5(3-11)14-6(13)7(8,9)10/h4-5H,2,12H2,1H3/t4-,5?/m1/s1. The molecule has 0 aliphatic heterocycles. The summed E-state index contributed by atoms with van der Waals surface area (Å²) in [7, 11) is 0. The summed E-state index contributed by atoms with van der Waals surface area (Å²) in [6, 6.07) is 0.900. The molecule has 0 aliphatic rings. The van der Waals surface area contributed by atoms with Gasteiger partial charge in [0.1, 0.15) is 6.07 Å². The molecule has 0 saturated heterocycles. The van der Waals surface area contributed by atoms with Crippen molar-refractivity contribution in [2.24, 2.45) is 5.73 Å². The summed E-state index contributed by atoms with van der Waals surface area (Å²) in [6.45, 7) is 1.49. The first kappa shape index (κ1) is 12.7. The zero-order valence-corrected chi connectivity index (χ0v) is 7.34. The lowest BCUT2D eigenvalue weighted by molar-refractivity contribution is -0.202. The van der Waals surface area contributed by atoms with E-state index in [1.54, 1.807) is 0 Å². The number of halogens is 3. The summed E-state index contributed by atoms with van der Waals surface area (Å²) in [5, 5.41) is 8.34. The molecule has 14 heavy (non-hydrogen) atoms. The molecule has 1 unspecified atom stereocenters. The molecule has 0 amide bonds. The molecule has 0 aliphatic carbocycles. The smallest absolute Gasteiger partial charge is 0.440 e. The molecule has 0 saturated carbocycles. The molecule has 0 aromatic carbocycles. The SMILES string of the molecule is C[C@@H](N)CC(C#N)OC(=O)C(F)(F)F. The number of hydrogen-bond donors (Lipinski definition) is 1. The minimum Gasteiger partial charge on any atom is -0.440 e. The number of alkyl halides is 3. The molecular weight excluding hydrogens is 201 g/mol. The van der Waals surface area contributed by atoms with Gasteiger partial charge >= 0.3 is 12.1 Å². The molecule has 7 heteroatoms. The molecule has 0 heterocycles. The van der Waals surface area contributed by atoms with Gasteiger partial charge in [0, 0.05) is 12.5 Å². The fourth-order valence-electron chi connectivity index (χ4n) is 0.661. The Morgan fingerprint density at radius 3 is 2.43 bits per heavy atom. The minimum absolute atomic E-state index is 0.127. The Morgan fingerprint density at radius 2 is 2.14 bits per heavy atom. The van der Waals surface area contributed by atoms with Crippen LogP contribution in [0.1, 0.15) is 13.3 Å². The summed E-state index contributed by atoms with van der Waals surface area (Å²) in [6.07, 6.45) is -6.66. The number of carbonyl (C=O) groups is 1. The van der Waals surface area contributed by atoms with Gasteiger partial charge in [-0.2, -0.15) is 18.4 Å². The number of ether oxygens (including phenoxy) is 1. The molecule has 0 bridgehead atoms. The van der Waals surface area contributed by atoms with Crippen LogP contribution in [0.5, 0.6) is 0 Å². The Hall–Kier alpha value is -1.29. The van der Waals surface area contributed by atoms with E-state index in [2.05, 4.69) is 4.74 Å². The molecule has 0 aromatic heterocycles. The predicted molar refractivity (Wildman–Crippen MR) is 39.8 cm³/mol. The lowest BCUT2D eigenvalue weighted by Crippen LogP contribution is -2.32. The quantitative estimate of drug-likeness (QED) is 0.696. The van der Waals surface area contributed by atoms with Crippen molar-refractivity contribution in [3.05, 3.63) is 0 Å². The molecule has 0 radical (unpaired) electrons. The number of nitriles is 1. The van der Waals surface area contributed by atoms with Crippen LogP contribution in [0.25, 0.3) is 0 Å². The van der Waals surface area contributed by atoms with Crippen LogP contribution in [0.15, 0.2) is 0 Å². The summed E-state index contributed by atoms with van der Waals surface area (Å²) in [5.74, 6) is -2.37. The highest BCUT2D eigenvalue weighted by atomic mass is 19.4. The third-order valence-electron chi connectivity index (χ3n) is 1.21. The van der Waals surface area contributed by atoms with E-state index in [4.69, 9.17) is 11.0 Å². The fourth-order valence-corrected chi connectivity index (χ4v) is 0.661. The van der Waals surface area contributed by atoms with Gasteiger partial charge < -0.3 is 10.5 Å². The summed E-state index contributed by atoms with van der Waals surface area (Å²) < 4.78 is 38.9. The van der Waals surface area contributed by atoms with E-state index in [9.17, 15) is 18.0 Å². The van der Waals surface area contributed by atoms with Crippen LogP contribution in [0, 0.1) is 11.3 Å². The largest absolute Gasteiger partial charge is 0.490 e. The summed E-state index contributed by atoms with van der Waals surface area (Å²) in [4.78, 5) is 10.3. The van der Waals surface area contributed by atoms with Gasteiger partial charge in [0.2, 0.25) is 0 Å². The van der Waals surface area contributed by atoms with Gasteiger partial charge in [-0.15, -0.1) is 0 Å². The maximum Gasteiger partial charge on any atom is 0.490 e. The molecular formula is C7H9F3N2O2. The maximum absolute atomic E-state index is 11.7. The maximum atomic E-state index is 11.7. The van der Waals surface area contributed by atoms with Crippen molar-refractivity contribution in [3.63, 3.8) is 0 Å². The molecule has 0 aromatic rings. The van der Waals surface area contributed by atoms with Crippen LogP contribution in [0.3, 0.4) is 0 Å². The lowest BCUT2D eigenvalue weighted by atomic mass is 10.2. The Bertz CT molecular complexity index is 244. The first-order chi connectivity index (χ1) is 6.27. The van der Waals surface area contributed by atoms with E-state index < -0.39 is 24.3 Å². The van der Waals surface area contributed by atoms with Crippen molar-refractivity contribution < 1.29 is 22.7 Å². The van der Waals surface area contributed by atoms with Gasteiger partial charge in [-0.25, -0.2) is 4.79 Å². The highest BCUT2D eigenvalue weighted by Crippen LogP contribution is 2.18. The fraction of sp³-hybridized carbons (Fsp3) is 0.714. The normalized spacial score (nSPS) is 15.4. The Morgan fingerprint density at radius 1 is 1.64 bits per heavy atom. The molecule has 2 N–H and O–H groups in total. The zero-order chi connectivity index (χ0) is 11.4. The molecule has 0 rings (SSSR count). The van der Waals surface area contributed by atoms with Crippen LogP contribution in [-0.4, -0.2) is 24.3 Å². The molecule has 0 spiro atoms. The van der Waals surface area contributed by atoms with Crippen molar-refractivity contribution in [3.8, 4) is 6.07 Å². The second-order valence-electron chi connectivity index (χ2n) is 2.73. The van der Waals surface area contributed by atoms with Gasteiger partial charge in [-0.1, -0.05) is 0 Å². The highest BCUT2D eigenvalue weighted by Gasteiger charge is 2.42. The summed E-state index contributed by atoms with van der Waals surface area (Å²) >= 11 is 0. The van der Waals surface area contributed by atoms with Crippen molar-refractivity contribution in [1.29, 1.82) is 5.26 Å². The van der Waals surface area contributed by atoms with Gasteiger partial charge in [-0.05, 0) is 6.92 Å². The monoisotopic (exact) mass is 210 g/mol. The van der Waals surface area contributed by atoms with Crippen molar-refractivity contribution in [2.45, 2.75) is 31.7 Å². The van der Waals surface area contributed by atoms with E-state index in [0.717, 1.165) is 0 Å². The Balaban J connectivity index is 4.22. The van der Waals surface area contributed by atoms with Gasteiger partial charge in [-0.3, -0.25) is 0 Å². The lowest BCUT2D eigenvalue weighted by Gasteiger charge is -2.13. The predicted octanol–water partition coefficient (Wildman–Crippen LogP) is 0.721. The van der Waals surface area contributed by atoms with Crippen LogP contribution >= 0.6 is 0 Å². The number of hydrogen-bond acceptors (Lipinski definition) is 4. The highest BCUT2D eigenvalue weighted by molar-refractivity contribution is 5.75. The molecule has 2 atom stereocenters. The van der Waals surface area contributed by atoms with Gasteiger partial charge in [0.25, 0.3) is 0 Å². The van der Waals surface area contributed by atoms with Crippen LogP contribution in [0.4, 0.5) is 13.2 Å². The van der Waals surface area contributed by atoms with E-state index >= 15 is 0 Å². The van der Waals surface area contributed by atoms with Crippen LogP contribution in [0.2, 0.25) is 0 Å². The van der Waals surface area contributed by atoms with E-state index in [0.29, 0.717) is 0 Å². The first-order valence-corrected chi connectivity index (χ1v) is 3.70. The first-order valence-electron chi connectivity index (χ1n) is 3.70. The number of carbonyl (C=O) groups excluding carboxylic acids is 1. The number of esters is 1. The average molecular weight is 210 g/mol. The number of nitrogens with two attached hydrogens (primary N) is 1. The Labute approximate surface area is 78.4 Å². The van der Waals surface area contributed by atoms with Gasteiger partial charge in [0.05, 0.1) is 0 Å². The van der Waals surface area contributed by atoms with Crippen LogP contribution in [-0.2, 0) is 9.53 Å². The third-order valence-corrected chi connectivity index (χ3v) is 1.21. The Kier molecular flexibility index (Phi) is 4.37. The van der Waals surface area contributed by atoms with E-state index in [1.165, 1.54) is 13.0 Å². The summed E-state index contributed by atoms with van der Waals surface area (Å²) in [5.41, 5.74) is 5.23. The second kappa shape index (κ2) is 4.81. The zero-order valence-electron chi connectivity index (χ0n) is 7.34. The van der Waals surface area contributed by atoms with Crippen molar-refractivity contribution >= 4 is 5.97 Å². The minimum atomic E-state index is -5.08. The number of rotatable bonds is 3.